The van der Waals surface area contributed by atoms with E-state index in [9.17, 15) is 18.8 Å². The molecule has 150 valence electrons. The number of amides is 2. The lowest BCUT2D eigenvalue weighted by Gasteiger charge is -2.12. The van der Waals surface area contributed by atoms with E-state index >= 15 is 0 Å². The standard InChI is InChI=1S/C24H19FN2O3/c1-16(28)17-11-13-20(14-12-17)26-24(30)22(15-19-9-5-6-10-21(19)25)27-23(29)18-7-3-2-4-8-18/h2-15H,1H3,(H,26,30)(H,27,29)/b22-15-. The van der Waals surface area contributed by atoms with Crippen molar-refractivity contribution in [1.82, 2.24) is 5.32 Å². The highest BCUT2D eigenvalue weighted by molar-refractivity contribution is 6.10. The zero-order chi connectivity index (χ0) is 21.5. The van der Waals surface area contributed by atoms with E-state index in [1.54, 1.807) is 60.7 Å². The number of carbonyl (C=O) groups is 3. The zero-order valence-corrected chi connectivity index (χ0v) is 16.2. The summed E-state index contributed by atoms with van der Waals surface area (Å²) >= 11 is 0. The number of anilines is 1. The van der Waals surface area contributed by atoms with Crippen LogP contribution in [-0.4, -0.2) is 17.6 Å². The molecular weight excluding hydrogens is 383 g/mol. The van der Waals surface area contributed by atoms with Gasteiger partial charge in [-0.25, -0.2) is 4.39 Å². The van der Waals surface area contributed by atoms with Crippen LogP contribution in [0, 0.1) is 5.82 Å². The van der Waals surface area contributed by atoms with Crippen molar-refractivity contribution >= 4 is 29.4 Å². The van der Waals surface area contributed by atoms with Crippen LogP contribution in [0.15, 0.2) is 84.6 Å². The summed E-state index contributed by atoms with van der Waals surface area (Å²) < 4.78 is 14.1. The predicted molar refractivity (Wildman–Crippen MR) is 113 cm³/mol. The van der Waals surface area contributed by atoms with Crippen molar-refractivity contribution in [2.24, 2.45) is 0 Å². The number of hydrogen-bond donors (Lipinski definition) is 2. The summed E-state index contributed by atoms with van der Waals surface area (Å²) in [5, 5.41) is 5.20. The van der Waals surface area contributed by atoms with Gasteiger partial charge < -0.3 is 10.6 Å². The lowest BCUT2D eigenvalue weighted by atomic mass is 10.1. The molecule has 0 aliphatic heterocycles. The quantitative estimate of drug-likeness (QED) is 0.473. The molecule has 0 radical (unpaired) electrons. The molecule has 0 aromatic heterocycles. The van der Waals surface area contributed by atoms with Gasteiger partial charge in [-0.2, -0.15) is 0 Å². The summed E-state index contributed by atoms with van der Waals surface area (Å²) in [6.45, 7) is 1.45. The third-order valence-electron chi connectivity index (χ3n) is 4.28. The molecule has 0 atom stereocenters. The van der Waals surface area contributed by atoms with Crippen molar-refractivity contribution in [3.8, 4) is 0 Å². The summed E-state index contributed by atoms with van der Waals surface area (Å²) in [6.07, 6.45) is 1.27. The van der Waals surface area contributed by atoms with E-state index in [0.29, 0.717) is 16.8 Å². The molecule has 0 aliphatic rings. The molecule has 2 amide bonds. The van der Waals surface area contributed by atoms with Gasteiger partial charge in [-0.05, 0) is 55.5 Å². The van der Waals surface area contributed by atoms with E-state index in [2.05, 4.69) is 10.6 Å². The minimum Gasteiger partial charge on any atom is -0.321 e. The van der Waals surface area contributed by atoms with E-state index in [1.165, 1.54) is 31.2 Å². The van der Waals surface area contributed by atoms with E-state index in [4.69, 9.17) is 0 Å². The van der Waals surface area contributed by atoms with Crippen molar-refractivity contribution in [2.45, 2.75) is 6.92 Å². The Morgan fingerprint density at radius 2 is 1.43 bits per heavy atom. The molecule has 6 heteroatoms. The molecule has 2 N–H and O–H groups in total. The Kier molecular flexibility index (Phi) is 6.49. The van der Waals surface area contributed by atoms with Crippen molar-refractivity contribution < 1.29 is 18.8 Å². The van der Waals surface area contributed by atoms with Gasteiger partial charge in [0.15, 0.2) is 5.78 Å². The van der Waals surface area contributed by atoms with Crippen molar-refractivity contribution in [2.75, 3.05) is 5.32 Å². The third-order valence-corrected chi connectivity index (χ3v) is 4.28. The number of Topliss-reactive ketones (excluding diaryl/α,β-unsaturated/α-hetero) is 1. The summed E-state index contributed by atoms with van der Waals surface area (Å²) in [5.74, 6) is -1.75. The van der Waals surface area contributed by atoms with Crippen LogP contribution in [-0.2, 0) is 4.79 Å². The highest BCUT2D eigenvalue weighted by Gasteiger charge is 2.16. The number of carbonyl (C=O) groups excluding carboxylic acids is 3. The van der Waals surface area contributed by atoms with Gasteiger partial charge in [-0.3, -0.25) is 14.4 Å². The zero-order valence-electron chi connectivity index (χ0n) is 16.2. The van der Waals surface area contributed by atoms with Gasteiger partial charge in [0, 0.05) is 22.4 Å². The molecule has 0 saturated carbocycles. The fourth-order valence-corrected chi connectivity index (χ4v) is 2.68. The minimum absolute atomic E-state index is 0.0943. The van der Waals surface area contributed by atoms with Crippen LogP contribution in [0.1, 0.15) is 33.2 Å². The van der Waals surface area contributed by atoms with Gasteiger partial charge in [0.05, 0.1) is 0 Å². The largest absolute Gasteiger partial charge is 0.321 e. The molecule has 0 fully saturated rings. The van der Waals surface area contributed by atoms with Crippen LogP contribution in [0.5, 0.6) is 0 Å². The maximum Gasteiger partial charge on any atom is 0.272 e. The lowest BCUT2D eigenvalue weighted by Crippen LogP contribution is -2.30. The number of nitrogens with one attached hydrogen (secondary N) is 2. The molecule has 0 spiro atoms. The van der Waals surface area contributed by atoms with Crippen LogP contribution < -0.4 is 10.6 Å². The first kappa shape index (κ1) is 20.7. The highest BCUT2D eigenvalue weighted by Crippen LogP contribution is 2.15. The number of hydrogen-bond acceptors (Lipinski definition) is 3. The number of halogens is 1. The first-order chi connectivity index (χ1) is 14.4. The third kappa shape index (κ3) is 5.26. The number of rotatable bonds is 6. The fourth-order valence-electron chi connectivity index (χ4n) is 2.68. The van der Waals surface area contributed by atoms with Crippen molar-refractivity contribution in [3.63, 3.8) is 0 Å². The Morgan fingerprint density at radius 3 is 2.07 bits per heavy atom. The fraction of sp³-hybridized carbons (Fsp3) is 0.0417. The average molecular weight is 402 g/mol. The monoisotopic (exact) mass is 402 g/mol. The molecule has 0 aliphatic carbocycles. The van der Waals surface area contributed by atoms with Gasteiger partial charge in [0.2, 0.25) is 0 Å². The van der Waals surface area contributed by atoms with Gasteiger partial charge in [0.25, 0.3) is 11.8 Å². The molecule has 0 saturated heterocycles. The second-order valence-electron chi connectivity index (χ2n) is 6.49. The van der Waals surface area contributed by atoms with E-state index in [1.807, 2.05) is 0 Å². The van der Waals surface area contributed by atoms with Crippen molar-refractivity contribution in [1.29, 1.82) is 0 Å². The van der Waals surface area contributed by atoms with Crippen LogP contribution in [0.25, 0.3) is 6.08 Å². The maximum atomic E-state index is 14.1. The summed E-state index contributed by atoms with van der Waals surface area (Å²) in [7, 11) is 0. The Balaban J connectivity index is 1.88. The maximum absolute atomic E-state index is 14.1. The van der Waals surface area contributed by atoms with Gasteiger partial charge >= 0.3 is 0 Å². The van der Waals surface area contributed by atoms with E-state index in [-0.39, 0.29) is 17.0 Å². The number of benzene rings is 3. The Bertz CT molecular complexity index is 1110. The first-order valence-corrected chi connectivity index (χ1v) is 9.19. The summed E-state index contributed by atoms with van der Waals surface area (Å²) in [5.41, 5.74) is 1.33. The molecule has 5 nitrogen and oxygen atoms in total. The van der Waals surface area contributed by atoms with Gasteiger partial charge in [-0.1, -0.05) is 36.4 Å². The van der Waals surface area contributed by atoms with Crippen LogP contribution in [0.2, 0.25) is 0 Å². The molecule has 0 heterocycles. The van der Waals surface area contributed by atoms with E-state index in [0.717, 1.165) is 0 Å². The van der Waals surface area contributed by atoms with Crippen LogP contribution in [0.4, 0.5) is 10.1 Å². The molecule has 3 aromatic rings. The number of ketones is 1. The van der Waals surface area contributed by atoms with Crippen LogP contribution in [0.3, 0.4) is 0 Å². The molecule has 3 rings (SSSR count). The smallest absolute Gasteiger partial charge is 0.272 e. The molecular formula is C24H19FN2O3. The Hall–Kier alpha value is -4.06. The normalized spacial score (nSPS) is 10.9. The minimum atomic E-state index is -0.627. The molecule has 30 heavy (non-hydrogen) atoms. The first-order valence-electron chi connectivity index (χ1n) is 9.19. The Morgan fingerprint density at radius 1 is 0.800 bits per heavy atom. The molecule has 0 bridgehead atoms. The predicted octanol–water partition coefficient (Wildman–Crippen LogP) is 4.44. The van der Waals surface area contributed by atoms with Gasteiger partial charge in [0.1, 0.15) is 11.5 Å². The topological polar surface area (TPSA) is 75.3 Å². The average Bonchev–Trinajstić information content (AvgIpc) is 2.75. The van der Waals surface area contributed by atoms with Gasteiger partial charge in [-0.15, -0.1) is 0 Å². The molecule has 3 aromatic carbocycles. The second-order valence-corrected chi connectivity index (χ2v) is 6.49. The van der Waals surface area contributed by atoms with Crippen LogP contribution >= 0.6 is 0 Å². The van der Waals surface area contributed by atoms with E-state index < -0.39 is 17.6 Å². The lowest BCUT2D eigenvalue weighted by molar-refractivity contribution is -0.113. The SMILES string of the molecule is CC(=O)c1ccc(NC(=O)/C(=C/c2ccccc2F)NC(=O)c2ccccc2)cc1. The second kappa shape index (κ2) is 9.43. The summed E-state index contributed by atoms with van der Waals surface area (Å²) in [4.78, 5) is 36.8. The summed E-state index contributed by atoms with van der Waals surface area (Å²) in [6, 6.07) is 20.6. The molecule has 0 unspecified atom stereocenters. The Labute approximate surface area is 173 Å². The van der Waals surface area contributed by atoms with Crippen molar-refractivity contribution in [3.05, 3.63) is 107 Å². The highest BCUT2D eigenvalue weighted by atomic mass is 19.1.